The smallest absolute Gasteiger partial charge is 0.330 e. The minimum absolute atomic E-state index is 0.0379. The summed E-state index contributed by atoms with van der Waals surface area (Å²) in [6, 6.07) is 6.28. The first kappa shape index (κ1) is 17.1. The second-order valence-corrected chi connectivity index (χ2v) is 4.64. The Labute approximate surface area is 137 Å². The van der Waals surface area contributed by atoms with Gasteiger partial charge in [0.05, 0.1) is 19.9 Å². The minimum Gasteiger partial charge on any atom is -0.493 e. The summed E-state index contributed by atoms with van der Waals surface area (Å²) in [6.45, 7) is 0.0379. The number of rotatable bonds is 6. The highest BCUT2D eigenvalue weighted by Crippen LogP contribution is 2.29. The van der Waals surface area contributed by atoms with Crippen molar-refractivity contribution in [2.24, 2.45) is 0 Å². The predicted molar refractivity (Wildman–Crippen MR) is 84.9 cm³/mol. The van der Waals surface area contributed by atoms with Crippen LogP contribution in [0.4, 0.5) is 0 Å². The Bertz CT molecular complexity index is 812. The second kappa shape index (κ2) is 7.82. The molecule has 0 saturated heterocycles. The fourth-order valence-corrected chi connectivity index (χ4v) is 1.80. The number of hydrogen-bond acceptors (Lipinski definition) is 7. The lowest BCUT2D eigenvalue weighted by molar-refractivity contribution is -0.134. The SMILES string of the molecule is COC(=O)/C=C/c1ccc(OCc2cc(=O)c(O)n[nH]2)c(OC)c1. The number of ether oxygens (including phenoxy) is 3. The summed E-state index contributed by atoms with van der Waals surface area (Å²) in [7, 11) is 2.78. The van der Waals surface area contributed by atoms with E-state index in [1.54, 1.807) is 24.3 Å². The number of aromatic hydroxyl groups is 1. The Hall–Kier alpha value is -3.29. The minimum atomic E-state index is -0.599. The first-order valence-electron chi connectivity index (χ1n) is 6.88. The van der Waals surface area contributed by atoms with Crippen molar-refractivity contribution in [2.45, 2.75) is 6.61 Å². The first-order valence-corrected chi connectivity index (χ1v) is 6.88. The van der Waals surface area contributed by atoms with Crippen LogP contribution in [-0.2, 0) is 16.1 Å². The molecule has 2 aromatic rings. The zero-order valence-electron chi connectivity index (χ0n) is 13.1. The number of H-pyrrole nitrogens is 1. The van der Waals surface area contributed by atoms with Crippen LogP contribution in [0.15, 0.2) is 35.1 Å². The molecular weight excluding hydrogens is 316 g/mol. The second-order valence-electron chi connectivity index (χ2n) is 4.64. The molecule has 0 aliphatic carbocycles. The van der Waals surface area contributed by atoms with Gasteiger partial charge in [0.2, 0.25) is 5.43 Å². The van der Waals surface area contributed by atoms with E-state index in [2.05, 4.69) is 14.9 Å². The molecule has 0 fully saturated rings. The molecule has 1 aromatic carbocycles. The molecule has 24 heavy (non-hydrogen) atoms. The zero-order valence-corrected chi connectivity index (χ0v) is 13.1. The number of carbonyl (C=O) groups excluding carboxylic acids is 1. The van der Waals surface area contributed by atoms with Gasteiger partial charge in [0.15, 0.2) is 11.5 Å². The Balaban J connectivity index is 2.12. The van der Waals surface area contributed by atoms with Gasteiger partial charge >= 0.3 is 5.97 Å². The van der Waals surface area contributed by atoms with Gasteiger partial charge in [-0.25, -0.2) is 4.79 Å². The standard InChI is InChI=1S/C16H16N2O6/c1-22-14-7-10(4-6-15(20)23-2)3-5-13(14)24-9-11-8-12(19)16(21)18-17-11/h3-8H,9H2,1-2H3,(H,17,19)(H,18,21)/b6-4+. The molecule has 0 unspecified atom stereocenters. The van der Waals surface area contributed by atoms with E-state index < -0.39 is 17.3 Å². The van der Waals surface area contributed by atoms with Crippen LogP contribution in [0, 0.1) is 0 Å². The highest BCUT2D eigenvalue weighted by atomic mass is 16.5. The van der Waals surface area contributed by atoms with Crippen LogP contribution in [0.1, 0.15) is 11.3 Å². The van der Waals surface area contributed by atoms with Crippen LogP contribution in [0.3, 0.4) is 0 Å². The van der Waals surface area contributed by atoms with E-state index >= 15 is 0 Å². The highest BCUT2D eigenvalue weighted by molar-refractivity contribution is 5.87. The number of benzene rings is 1. The first-order chi connectivity index (χ1) is 11.5. The van der Waals surface area contributed by atoms with Gasteiger partial charge in [0.1, 0.15) is 6.61 Å². The molecule has 0 radical (unpaired) electrons. The molecular formula is C16H16N2O6. The van der Waals surface area contributed by atoms with E-state index in [9.17, 15) is 9.59 Å². The molecule has 8 nitrogen and oxygen atoms in total. The van der Waals surface area contributed by atoms with Crippen molar-refractivity contribution >= 4 is 12.0 Å². The fraction of sp³-hybridized carbons (Fsp3) is 0.188. The molecule has 1 aromatic heterocycles. The molecule has 1 heterocycles. The lowest BCUT2D eigenvalue weighted by atomic mass is 10.2. The molecule has 0 aliphatic heterocycles. The van der Waals surface area contributed by atoms with E-state index in [1.165, 1.54) is 26.4 Å². The molecule has 0 saturated carbocycles. The number of hydrogen-bond donors (Lipinski definition) is 2. The molecule has 2 rings (SSSR count). The van der Waals surface area contributed by atoms with Gasteiger partial charge in [-0.05, 0) is 23.8 Å². The summed E-state index contributed by atoms with van der Waals surface area (Å²) in [5.74, 6) is -0.158. The maximum atomic E-state index is 11.3. The quantitative estimate of drug-likeness (QED) is 0.605. The van der Waals surface area contributed by atoms with Gasteiger partial charge in [-0.1, -0.05) is 6.07 Å². The largest absolute Gasteiger partial charge is 0.493 e. The summed E-state index contributed by atoms with van der Waals surface area (Å²) in [4.78, 5) is 22.4. The lowest BCUT2D eigenvalue weighted by Gasteiger charge is -2.11. The maximum absolute atomic E-state index is 11.3. The Morgan fingerprint density at radius 1 is 1.29 bits per heavy atom. The highest BCUT2D eigenvalue weighted by Gasteiger charge is 2.07. The number of esters is 1. The maximum Gasteiger partial charge on any atom is 0.330 e. The molecule has 0 aliphatic rings. The van der Waals surface area contributed by atoms with Gasteiger partial charge in [-0.2, -0.15) is 0 Å². The monoisotopic (exact) mass is 332 g/mol. The van der Waals surface area contributed by atoms with Crippen molar-refractivity contribution in [3.63, 3.8) is 0 Å². The van der Waals surface area contributed by atoms with Gasteiger partial charge in [-0.3, -0.25) is 9.89 Å². The van der Waals surface area contributed by atoms with Crippen LogP contribution < -0.4 is 14.9 Å². The molecule has 0 amide bonds. The van der Waals surface area contributed by atoms with E-state index in [4.69, 9.17) is 14.6 Å². The van der Waals surface area contributed by atoms with E-state index in [-0.39, 0.29) is 6.61 Å². The summed E-state index contributed by atoms with van der Waals surface area (Å²) in [5, 5.41) is 15.1. The van der Waals surface area contributed by atoms with Crippen LogP contribution in [0.25, 0.3) is 6.08 Å². The van der Waals surface area contributed by atoms with Crippen molar-refractivity contribution in [3.05, 3.63) is 51.8 Å². The molecule has 0 atom stereocenters. The third kappa shape index (κ3) is 4.35. The number of nitrogens with one attached hydrogen (secondary N) is 1. The van der Waals surface area contributed by atoms with E-state index in [0.29, 0.717) is 17.2 Å². The Morgan fingerprint density at radius 2 is 2.08 bits per heavy atom. The molecule has 126 valence electrons. The topological polar surface area (TPSA) is 111 Å². The Kier molecular flexibility index (Phi) is 5.56. The number of carbonyl (C=O) groups is 1. The zero-order chi connectivity index (χ0) is 17.5. The summed E-state index contributed by atoms with van der Waals surface area (Å²) in [6.07, 6.45) is 2.88. The van der Waals surface area contributed by atoms with Crippen LogP contribution in [0.2, 0.25) is 0 Å². The number of methoxy groups -OCH3 is 2. The van der Waals surface area contributed by atoms with Crippen LogP contribution in [-0.4, -0.2) is 35.5 Å². The molecule has 0 bridgehead atoms. The lowest BCUT2D eigenvalue weighted by Crippen LogP contribution is -2.08. The van der Waals surface area contributed by atoms with E-state index in [1.807, 2.05) is 0 Å². The summed E-state index contributed by atoms with van der Waals surface area (Å²) >= 11 is 0. The normalized spacial score (nSPS) is 10.6. The Morgan fingerprint density at radius 3 is 2.75 bits per heavy atom. The molecule has 0 spiro atoms. The van der Waals surface area contributed by atoms with Crippen molar-refractivity contribution in [1.29, 1.82) is 0 Å². The molecule has 8 heteroatoms. The fourth-order valence-electron chi connectivity index (χ4n) is 1.80. The van der Waals surface area contributed by atoms with Crippen LogP contribution in [0.5, 0.6) is 17.4 Å². The predicted octanol–water partition coefficient (Wildman–Crippen LogP) is 1.25. The van der Waals surface area contributed by atoms with Crippen LogP contribution >= 0.6 is 0 Å². The average Bonchev–Trinajstić information content (AvgIpc) is 2.60. The summed E-state index contributed by atoms with van der Waals surface area (Å²) in [5.41, 5.74) is 0.529. The van der Waals surface area contributed by atoms with E-state index in [0.717, 1.165) is 5.56 Å². The van der Waals surface area contributed by atoms with Gasteiger partial charge in [0.25, 0.3) is 5.88 Å². The average molecular weight is 332 g/mol. The number of nitrogens with zero attached hydrogens (tertiary/aromatic N) is 1. The van der Waals surface area contributed by atoms with Crippen molar-refractivity contribution < 1.29 is 24.1 Å². The summed E-state index contributed by atoms with van der Waals surface area (Å²) < 4.78 is 15.3. The molecule has 2 N–H and O–H groups in total. The number of aromatic amines is 1. The van der Waals surface area contributed by atoms with Gasteiger partial charge in [-0.15, -0.1) is 5.10 Å². The third-order valence-corrected chi connectivity index (χ3v) is 3.02. The third-order valence-electron chi connectivity index (χ3n) is 3.02. The van der Waals surface area contributed by atoms with Crippen molar-refractivity contribution in [3.8, 4) is 17.4 Å². The van der Waals surface area contributed by atoms with Gasteiger partial charge < -0.3 is 19.3 Å². The van der Waals surface area contributed by atoms with Crippen molar-refractivity contribution in [2.75, 3.05) is 14.2 Å². The van der Waals surface area contributed by atoms with Crippen molar-refractivity contribution in [1.82, 2.24) is 10.2 Å². The van der Waals surface area contributed by atoms with Gasteiger partial charge in [0, 0.05) is 12.1 Å². The number of aromatic nitrogens is 2.